The molecule has 0 unspecified atom stereocenters. The number of hydrogen-bond donors (Lipinski definition) is 2. The molecule has 2 rings (SSSR count). The summed E-state index contributed by atoms with van der Waals surface area (Å²) in [5.41, 5.74) is 1.89. The lowest BCUT2D eigenvalue weighted by Gasteiger charge is -2.13. The maximum Gasteiger partial charge on any atom is 0.243 e. The lowest BCUT2D eigenvalue weighted by molar-refractivity contribution is -0.114. The van der Waals surface area contributed by atoms with Gasteiger partial charge in [-0.15, -0.1) is 0 Å². The predicted molar refractivity (Wildman–Crippen MR) is 91.3 cm³/mol. The highest BCUT2D eigenvalue weighted by Gasteiger charge is 2.10. The lowest BCUT2D eigenvalue weighted by atomic mass is 10.2. The number of anilines is 2. The standard InChI is InChI=1S/C16H15Cl2FN2O2/c1-9-5-14(15(23-2)7-11(9)17)21-16(22)8-20-10-3-4-13(19)12(18)6-10/h3-7,20H,8H2,1-2H3,(H,21,22). The number of carbonyl (C=O) groups excluding carboxylic acids is 1. The molecular weight excluding hydrogens is 342 g/mol. The van der Waals surface area contributed by atoms with Crippen molar-refractivity contribution in [3.63, 3.8) is 0 Å². The van der Waals surface area contributed by atoms with Crippen molar-refractivity contribution >= 4 is 40.5 Å². The smallest absolute Gasteiger partial charge is 0.243 e. The number of amides is 1. The number of benzene rings is 2. The zero-order valence-corrected chi connectivity index (χ0v) is 14.1. The highest BCUT2D eigenvalue weighted by atomic mass is 35.5. The average Bonchev–Trinajstić information content (AvgIpc) is 2.52. The maximum atomic E-state index is 13.1. The van der Waals surface area contributed by atoms with Crippen molar-refractivity contribution in [2.45, 2.75) is 6.92 Å². The summed E-state index contributed by atoms with van der Waals surface area (Å²) in [5, 5.41) is 6.15. The topological polar surface area (TPSA) is 50.4 Å². The molecule has 7 heteroatoms. The molecule has 1 amide bonds. The van der Waals surface area contributed by atoms with E-state index in [1.54, 1.807) is 12.1 Å². The molecule has 0 bridgehead atoms. The maximum absolute atomic E-state index is 13.1. The van der Waals surface area contributed by atoms with Crippen molar-refractivity contribution in [3.8, 4) is 5.75 Å². The van der Waals surface area contributed by atoms with Gasteiger partial charge < -0.3 is 15.4 Å². The van der Waals surface area contributed by atoms with Crippen molar-refractivity contribution in [3.05, 3.63) is 51.8 Å². The van der Waals surface area contributed by atoms with Crippen LogP contribution >= 0.6 is 23.2 Å². The van der Waals surface area contributed by atoms with Crippen molar-refractivity contribution in [2.24, 2.45) is 0 Å². The Labute approximate surface area is 143 Å². The third-order valence-corrected chi connectivity index (χ3v) is 3.82. The van der Waals surface area contributed by atoms with E-state index in [-0.39, 0.29) is 17.5 Å². The number of aryl methyl sites for hydroxylation is 1. The van der Waals surface area contributed by atoms with Crippen LogP contribution in [0.3, 0.4) is 0 Å². The summed E-state index contributed by atoms with van der Waals surface area (Å²) in [4.78, 5) is 12.0. The molecule has 0 atom stereocenters. The lowest BCUT2D eigenvalue weighted by Crippen LogP contribution is -2.22. The van der Waals surface area contributed by atoms with Gasteiger partial charge in [-0.25, -0.2) is 4.39 Å². The Kier molecular flexibility index (Phi) is 5.69. The quantitative estimate of drug-likeness (QED) is 0.828. The van der Waals surface area contributed by atoms with Gasteiger partial charge >= 0.3 is 0 Å². The van der Waals surface area contributed by atoms with Crippen LogP contribution in [0.15, 0.2) is 30.3 Å². The molecule has 2 aromatic carbocycles. The number of rotatable bonds is 5. The zero-order chi connectivity index (χ0) is 17.0. The van der Waals surface area contributed by atoms with Crippen molar-refractivity contribution < 1.29 is 13.9 Å². The molecule has 0 aromatic heterocycles. The van der Waals surface area contributed by atoms with Gasteiger partial charge in [0.1, 0.15) is 11.6 Å². The summed E-state index contributed by atoms with van der Waals surface area (Å²) < 4.78 is 18.3. The van der Waals surface area contributed by atoms with E-state index in [1.807, 2.05) is 6.92 Å². The second-order valence-corrected chi connectivity index (χ2v) is 5.65. The van der Waals surface area contributed by atoms with E-state index in [4.69, 9.17) is 27.9 Å². The Bertz CT molecular complexity index is 738. The summed E-state index contributed by atoms with van der Waals surface area (Å²) in [5.74, 6) is -0.327. The first-order valence-electron chi connectivity index (χ1n) is 6.73. The Hall–Kier alpha value is -1.98. The highest BCUT2D eigenvalue weighted by molar-refractivity contribution is 6.31. The molecule has 0 aliphatic rings. The molecule has 2 aromatic rings. The summed E-state index contributed by atoms with van der Waals surface area (Å²) in [6, 6.07) is 7.51. The summed E-state index contributed by atoms with van der Waals surface area (Å²) in [6.45, 7) is 1.82. The molecule has 23 heavy (non-hydrogen) atoms. The molecule has 4 nitrogen and oxygen atoms in total. The van der Waals surface area contributed by atoms with Gasteiger partial charge in [-0.3, -0.25) is 4.79 Å². The van der Waals surface area contributed by atoms with Crippen LogP contribution in [-0.2, 0) is 4.79 Å². The zero-order valence-electron chi connectivity index (χ0n) is 12.5. The van der Waals surface area contributed by atoms with Crippen LogP contribution < -0.4 is 15.4 Å². The van der Waals surface area contributed by atoms with Gasteiger partial charge in [-0.05, 0) is 36.8 Å². The average molecular weight is 357 g/mol. The molecule has 0 fully saturated rings. The van der Waals surface area contributed by atoms with Crippen LogP contribution in [0.1, 0.15) is 5.56 Å². The first kappa shape index (κ1) is 17.4. The number of nitrogens with one attached hydrogen (secondary N) is 2. The van der Waals surface area contributed by atoms with Crippen LogP contribution in [0.4, 0.5) is 15.8 Å². The second kappa shape index (κ2) is 7.53. The Morgan fingerprint density at radius 2 is 1.96 bits per heavy atom. The molecule has 0 spiro atoms. The van der Waals surface area contributed by atoms with Crippen molar-refractivity contribution in [2.75, 3.05) is 24.3 Å². The Morgan fingerprint density at radius 1 is 1.22 bits per heavy atom. The first-order chi connectivity index (χ1) is 10.9. The first-order valence-corrected chi connectivity index (χ1v) is 7.49. The Balaban J connectivity index is 2.02. The van der Waals surface area contributed by atoms with Gasteiger partial charge in [0, 0.05) is 16.8 Å². The van der Waals surface area contributed by atoms with Crippen LogP contribution in [0.2, 0.25) is 10.0 Å². The summed E-state index contributed by atoms with van der Waals surface area (Å²) >= 11 is 11.7. The number of ether oxygens (including phenoxy) is 1. The van der Waals surface area contributed by atoms with Crippen molar-refractivity contribution in [1.29, 1.82) is 0 Å². The van der Waals surface area contributed by atoms with Crippen LogP contribution in [0.25, 0.3) is 0 Å². The van der Waals surface area contributed by atoms with Gasteiger partial charge in [0.2, 0.25) is 5.91 Å². The molecule has 0 heterocycles. The van der Waals surface area contributed by atoms with E-state index in [0.29, 0.717) is 22.1 Å². The summed E-state index contributed by atoms with van der Waals surface area (Å²) in [7, 11) is 1.50. The predicted octanol–water partition coefficient (Wildman–Crippen LogP) is 4.50. The number of hydrogen-bond acceptors (Lipinski definition) is 3. The van der Waals surface area contributed by atoms with Gasteiger partial charge in [-0.2, -0.15) is 0 Å². The molecular formula is C16H15Cl2FN2O2. The minimum absolute atomic E-state index is 0.00715. The van der Waals surface area contributed by atoms with Crippen molar-refractivity contribution in [1.82, 2.24) is 0 Å². The highest BCUT2D eigenvalue weighted by Crippen LogP contribution is 2.30. The van der Waals surface area contributed by atoms with Crippen LogP contribution in [0, 0.1) is 12.7 Å². The third kappa shape index (κ3) is 4.50. The monoisotopic (exact) mass is 356 g/mol. The number of carbonyl (C=O) groups is 1. The molecule has 0 radical (unpaired) electrons. The third-order valence-electron chi connectivity index (χ3n) is 3.13. The van der Waals surface area contributed by atoms with Gasteiger partial charge in [0.05, 0.1) is 24.4 Å². The molecule has 0 saturated carbocycles. The molecule has 122 valence electrons. The fraction of sp³-hybridized carbons (Fsp3) is 0.188. The van der Waals surface area contributed by atoms with E-state index in [9.17, 15) is 9.18 Å². The van der Waals surface area contributed by atoms with Gasteiger partial charge in [0.15, 0.2) is 0 Å². The van der Waals surface area contributed by atoms with Gasteiger partial charge in [-0.1, -0.05) is 23.2 Å². The molecule has 0 saturated heterocycles. The van der Waals surface area contributed by atoms with Crippen LogP contribution in [-0.4, -0.2) is 19.6 Å². The number of methoxy groups -OCH3 is 1. The van der Waals surface area contributed by atoms with E-state index >= 15 is 0 Å². The van der Waals surface area contributed by atoms with Crippen LogP contribution in [0.5, 0.6) is 5.75 Å². The van der Waals surface area contributed by atoms with E-state index < -0.39 is 5.82 Å². The van der Waals surface area contributed by atoms with E-state index in [0.717, 1.165) is 5.56 Å². The largest absolute Gasteiger partial charge is 0.495 e. The summed E-state index contributed by atoms with van der Waals surface area (Å²) in [6.07, 6.45) is 0. The fourth-order valence-electron chi connectivity index (χ4n) is 1.91. The van der Waals surface area contributed by atoms with E-state index in [1.165, 1.54) is 25.3 Å². The molecule has 0 aliphatic heterocycles. The van der Waals surface area contributed by atoms with E-state index in [2.05, 4.69) is 10.6 Å². The van der Waals surface area contributed by atoms with Gasteiger partial charge in [0.25, 0.3) is 0 Å². The number of halogens is 3. The molecule has 2 N–H and O–H groups in total. The fourth-order valence-corrected chi connectivity index (χ4v) is 2.25. The minimum atomic E-state index is -0.511. The second-order valence-electron chi connectivity index (χ2n) is 4.83. The Morgan fingerprint density at radius 3 is 2.61 bits per heavy atom. The minimum Gasteiger partial charge on any atom is -0.495 e. The molecule has 0 aliphatic carbocycles. The normalized spacial score (nSPS) is 10.3. The SMILES string of the molecule is COc1cc(Cl)c(C)cc1NC(=O)CNc1ccc(F)c(Cl)c1.